The largest absolute Gasteiger partial charge is 0.372 e. The zero-order valence-electron chi connectivity index (χ0n) is 15.7. The van der Waals surface area contributed by atoms with E-state index in [4.69, 9.17) is 0 Å². The minimum atomic E-state index is -0.0210. The highest BCUT2D eigenvalue weighted by Crippen LogP contribution is 2.24. The number of rotatable bonds is 6. The van der Waals surface area contributed by atoms with Gasteiger partial charge < -0.3 is 15.5 Å². The molecule has 1 saturated heterocycles. The Bertz CT molecular complexity index is 691. The zero-order chi connectivity index (χ0) is 18.4. The van der Waals surface area contributed by atoms with Gasteiger partial charge in [0.25, 0.3) is 0 Å². The molecule has 2 N–H and O–H groups in total. The van der Waals surface area contributed by atoms with Crippen molar-refractivity contribution in [2.45, 2.75) is 32.7 Å². The summed E-state index contributed by atoms with van der Waals surface area (Å²) in [6.07, 6.45) is 2.51. The van der Waals surface area contributed by atoms with E-state index >= 15 is 0 Å². The van der Waals surface area contributed by atoms with Crippen LogP contribution >= 0.6 is 0 Å². The van der Waals surface area contributed by atoms with Gasteiger partial charge in [0.15, 0.2) is 0 Å². The van der Waals surface area contributed by atoms with Crippen molar-refractivity contribution in [3.63, 3.8) is 0 Å². The fraction of sp³-hybridized carbons (Fsp3) is 0.409. The molecule has 1 heterocycles. The lowest BCUT2D eigenvalue weighted by Gasteiger charge is -2.32. The van der Waals surface area contributed by atoms with Crippen molar-refractivity contribution in [3.8, 4) is 0 Å². The third kappa shape index (κ3) is 5.09. The van der Waals surface area contributed by atoms with E-state index in [0.717, 1.165) is 24.7 Å². The Balaban J connectivity index is 1.47. The van der Waals surface area contributed by atoms with E-state index < -0.39 is 0 Å². The van der Waals surface area contributed by atoms with E-state index in [-0.39, 0.29) is 11.9 Å². The van der Waals surface area contributed by atoms with Gasteiger partial charge in [0.05, 0.1) is 6.54 Å². The van der Waals surface area contributed by atoms with Crippen molar-refractivity contribution >= 4 is 17.3 Å². The average molecular weight is 351 g/mol. The maximum atomic E-state index is 12.2. The number of nitrogens with one attached hydrogen (secondary N) is 2. The van der Waals surface area contributed by atoms with Crippen LogP contribution in [0.1, 0.15) is 38.3 Å². The summed E-state index contributed by atoms with van der Waals surface area (Å²) in [5.74, 6) is 0.808. The van der Waals surface area contributed by atoms with E-state index in [1.54, 1.807) is 0 Å². The standard InChI is InChI=1S/C22H29N3O/c1-17-12-14-25(15-13-17)21-10-8-20(9-11-21)24-22(26)16-23-18(2)19-6-4-3-5-7-19/h3-11,17-18,23H,12-16H2,1-2H3,(H,24,26)/t18-/m0/s1. The van der Waals surface area contributed by atoms with Crippen LogP contribution in [0.15, 0.2) is 54.6 Å². The molecule has 0 bridgehead atoms. The van der Waals surface area contributed by atoms with Gasteiger partial charge in [-0.05, 0) is 55.5 Å². The first-order chi connectivity index (χ1) is 12.6. The van der Waals surface area contributed by atoms with Crippen LogP contribution in [-0.2, 0) is 4.79 Å². The molecule has 0 aromatic heterocycles. The molecule has 138 valence electrons. The Morgan fingerprint density at radius 1 is 1.08 bits per heavy atom. The van der Waals surface area contributed by atoms with Crippen LogP contribution in [0.2, 0.25) is 0 Å². The number of carbonyl (C=O) groups is 1. The minimum Gasteiger partial charge on any atom is -0.372 e. The van der Waals surface area contributed by atoms with Crippen molar-refractivity contribution in [3.05, 3.63) is 60.2 Å². The molecule has 26 heavy (non-hydrogen) atoms. The van der Waals surface area contributed by atoms with E-state index in [1.807, 2.05) is 30.3 Å². The number of benzene rings is 2. The van der Waals surface area contributed by atoms with E-state index in [0.29, 0.717) is 6.54 Å². The van der Waals surface area contributed by atoms with Crippen LogP contribution in [0.3, 0.4) is 0 Å². The second-order valence-electron chi connectivity index (χ2n) is 7.28. The topological polar surface area (TPSA) is 44.4 Å². The van der Waals surface area contributed by atoms with Crippen molar-refractivity contribution in [2.75, 3.05) is 29.9 Å². The van der Waals surface area contributed by atoms with Gasteiger partial charge in [-0.15, -0.1) is 0 Å². The first-order valence-corrected chi connectivity index (χ1v) is 9.55. The summed E-state index contributed by atoms with van der Waals surface area (Å²) in [4.78, 5) is 14.6. The van der Waals surface area contributed by atoms with Crippen molar-refractivity contribution in [2.24, 2.45) is 5.92 Å². The monoisotopic (exact) mass is 351 g/mol. The predicted molar refractivity (Wildman–Crippen MR) is 109 cm³/mol. The molecular formula is C22H29N3O. The lowest BCUT2D eigenvalue weighted by Crippen LogP contribution is -2.32. The van der Waals surface area contributed by atoms with Crippen LogP contribution in [0.25, 0.3) is 0 Å². The smallest absolute Gasteiger partial charge is 0.238 e. The van der Waals surface area contributed by atoms with E-state index in [2.05, 4.69) is 53.6 Å². The Labute approximate surface area is 156 Å². The van der Waals surface area contributed by atoms with Gasteiger partial charge in [-0.25, -0.2) is 0 Å². The average Bonchev–Trinajstić information content (AvgIpc) is 2.68. The van der Waals surface area contributed by atoms with Crippen molar-refractivity contribution in [1.29, 1.82) is 0 Å². The third-order valence-electron chi connectivity index (χ3n) is 5.17. The lowest BCUT2D eigenvalue weighted by atomic mass is 9.99. The van der Waals surface area contributed by atoms with E-state index in [9.17, 15) is 4.79 Å². The predicted octanol–water partition coefficient (Wildman–Crippen LogP) is 4.21. The first kappa shape index (κ1) is 18.5. The molecule has 0 aliphatic carbocycles. The van der Waals surface area contributed by atoms with Gasteiger partial charge in [-0.2, -0.15) is 0 Å². The van der Waals surface area contributed by atoms with Crippen molar-refractivity contribution in [1.82, 2.24) is 5.32 Å². The maximum absolute atomic E-state index is 12.2. The van der Waals surface area contributed by atoms with Gasteiger partial charge >= 0.3 is 0 Å². The second kappa shape index (κ2) is 8.86. The summed E-state index contributed by atoms with van der Waals surface area (Å²) in [7, 11) is 0. The zero-order valence-corrected chi connectivity index (χ0v) is 15.7. The molecular weight excluding hydrogens is 322 g/mol. The summed E-state index contributed by atoms with van der Waals surface area (Å²) in [6.45, 7) is 6.92. The minimum absolute atomic E-state index is 0.0210. The van der Waals surface area contributed by atoms with Crippen LogP contribution in [-0.4, -0.2) is 25.5 Å². The molecule has 4 nitrogen and oxygen atoms in total. The summed E-state index contributed by atoms with van der Waals surface area (Å²) in [5.41, 5.74) is 3.27. The van der Waals surface area contributed by atoms with E-state index in [1.165, 1.54) is 24.1 Å². The molecule has 1 aliphatic rings. The SMILES string of the molecule is CC1CCN(c2ccc(NC(=O)CN[C@@H](C)c3ccccc3)cc2)CC1. The molecule has 1 atom stereocenters. The molecule has 2 aromatic rings. The fourth-order valence-electron chi connectivity index (χ4n) is 3.33. The van der Waals surface area contributed by atoms with Gasteiger partial charge in [0, 0.05) is 30.5 Å². The number of nitrogens with zero attached hydrogens (tertiary/aromatic N) is 1. The number of hydrogen-bond donors (Lipinski definition) is 2. The number of piperidine rings is 1. The fourth-order valence-corrected chi connectivity index (χ4v) is 3.33. The van der Waals surface area contributed by atoms with Crippen LogP contribution < -0.4 is 15.5 Å². The molecule has 0 radical (unpaired) electrons. The van der Waals surface area contributed by atoms with Gasteiger partial charge in [-0.1, -0.05) is 37.3 Å². The highest BCUT2D eigenvalue weighted by molar-refractivity contribution is 5.92. The highest BCUT2D eigenvalue weighted by Gasteiger charge is 2.16. The molecule has 1 amide bonds. The van der Waals surface area contributed by atoms with Gasteiger partial charge in [0.2, 0.25) is 5.91 Å². The number of carbonyl (C=O) groups excluding carboxylic acids is 1. The summed E-state index contributed by atoms with van der Waals surface area (Å²) in [6, 6.07) is 18.5. The molecule has 1 fully saturated rings. The molecule has 1 aliphatic heterocycles. The summed E-state index contributed by atoms with van der Waals surface area (Å²) < 4.78 is 0. The molecule has 0 spiro atoms. The number of hydrogen-bond acceptors (Lipinski definition) is 3. The number of amides is 1. The molecule has 2 aromatic carbocycles. The normalized spacial score (nSPS) is 16.3. The van der Waals surface area contributed by atoms with Crippen LogP contribution in [0.4, 0.5) is 11.4 Å². The Morgan fingerprint density at radius 2 is 1.73 bits per heavy atom. The maximum Gasteiger partial charge on any atom is 0.238 e. The van der Waals surface area contributed by atoms with Crippen LogP contribution in [0, 0.1) is 5.92 Å². The summed E-state index contributed by atoms with van der Waals surface area (Å²) >= 11 is 0. The van der Waals surface area contributed by atoms with Crippen LogP contribution in [0.5, 0.6) is 0 Å². The number of anilines is 2. The lowest BCUT2D eigenvalue weighted by molar-refractivity contribution is -0.115. The highest BCUT2D eigenvalue weighted by atomic mass is 16.1. The molecule has 0 saturated carbocycles. The molecule has 0 unspecified atom stereocenters. The second-order valence-corrected chi connectivity index (χ2v) is 7.28. The van der Waals surface area contributed by atoms with Gasteiger partial charge in [0.1, 0.15) is 0 Å². The molecule has 3 rings (SSSR count). The van der Waals surface area contributed by atoms with Crippen molar-refractivity contribution < 1.29 is 4.79 Å². The van der Waals surface area contributed by atoms with Gasteiger partial charge in [-0.3, -0.25) is 4.79 Å². The first-order valence-electron chi connectivity index (χ1n) is 9.55. The summed E-state index contributed by atoms with van der Waals surface area (Å²) in [5, 5.41) is 6.23. The third-order valence-corrected chi connectivity index (χ3v) is 5.17. The quantitative estimate of drug-likeness (QED) is 0.819. The Morgan fingerprint density at radius 3 is 2.38 bits per heavy atom. The Kier molecular flexibility index (Phi) is 6.29. The molecule has 4 heteroatoms. The Hall–Kier alpha value is -2.33.